The number of hydrogen-bond donors (Lipinski definition) is 2. The second-order valence-electron chi connectivity index (χ2n) is 8.38. The van der Waals surface area contributed by atoms with Gasteiger partial charge in [0.05, 0.1) is 12.2 Å². The summed E-state index contributed by atoms with van der Waals surface area (Å²) in [4.78, 5) is 37.4. The van der Waals surface area contributed by atoms with E-state index in [1.165, 1.54) is 0 Å². The van der Waals surface area contributed by atoms with Crippen molar-refractivity contribution in [1.29, 1.82) is 0 Å². The molecule has 1 fully saturated rings. The molecular formula is C23H25N5O3. The first-order chi connectivity index (χ1) is 15.0. The number of aliphatic hydroxyl groups excluding tert-OH is 1. The van der Waals surface area contributed by atoms with Crippen LogP contribution in [0.5, 0.6) is 0 Å². The standard InChI is InChI=1S/C23H25N5O3/c1-14-10-19(25-12-18(14)15-4-2-8-24-11-15)26-20(29)13-27-9-3-5-17-21(27)23(31)28(22(17)30)16-6-7-16/h2,4,8,10-12,16,23,31H,3,5-7,9,13H2,1H3,(H,25,26,29). The van der Waals surface area contributed by atoms with E-state index in [9.17, 15) is 14.7 Å². The molecule has 0 radical (unpaired) electrons. The lowest BCUT2D eigenvalue weighted by atomic mass is 10.0. The maximum Gasteiger partial charge on any atom is 0.254 e. The number of nitrogens with zero attached hydrogens (tertiary/aromatic N) is 4. The molecule has 1 atom stereocenters. The lowest BCUT2D eigenvalue weighted by Gasteiger charge is -2.32. The number of aromatic nitrogens is 2. The Bertz CT molecular complexity index is 1060. The number of carbonyl (C=O) groups is 2. The topological polar surface area (TPSA) is 98.7 Å². The second-order valence-corrected chi connectivity index (χ2v) is 8.38. The largest absolute Gasteiger partial charge is 0.368 e. The van der Waals surface area contributed by atoms with Gasteiger partial charge < -0.3 is 20.2 Å². The number of aliphatic hydroxyl groups is 1. The minimum atomic E-state index is -0.942. The van der Waals surface area contributed by atoms with Crippen molar-refractivity contribution >= 4 is 17.6 Å². The van der Waals surface area contributed by atoms with Crippen LogP contribution in [0.25, 0.3) is 11.1 Å². The van der Waals surface area contributed by atoms with Crippen LogP contribution >= 0.6 is 0 Å². The van der Waals surface area contributed by atoms with Crippen LogP contribution in [-0.4, -0.2) is 62.0 Å². The first kappa shape index (κ1) is 19.7. The molecule has 0 spiro atoms. The molecule has 0 aromatic carbocycles. The molecule has 2 N–H and O–H groups in total. The number of pyridine rings is 2. The highest BCUT2D eigenvalue weighted by Crippen LogP contribution is 2.40. The summed E-state index contributed by atoms with van der Waals surface area (Å²) in [7, 11) is 0. The van der Waals surface area contributed by atoms with Gasteiger partial charge in [0.2, 0.25) is 5.91 Å². The molecule has 2 amide bonds. The summed E-state index contributed by atoms with van der Waals surface area (Å²) in [5, 5.41) is 13.6. The fourth-order valence-electron chi connectivity index (χ4n) is 4.51. The normalized spacial score (nSPS) is 20.8. The molecule has 31 heavy (non-hydrogen) atoms. The molecule has 1 aliphatic carbocycles. The van der Waals surface area contributed by atoms with Gasteiger partial charge in [-0.05, 0) is 50.3 Å². The van der Waals surface area contributed by atoms with Crippen LogP contribution in [0, 0.1) is 6.92 Å². The van der Waals surface area contributed by atoms with Crippen LogP contribution in [0.1, 0.15) is 31.2 Å². The third kappa shape index (κ3) is 3.67. The zero-order valence-corrected chi connectivity index (χ0v) is 17.4. The van der Waals surface area contributed by atoms with E-state index >= 15 is 0 Å². The maximum absolute atomic E-state index is 12.7. The van der Waals surface area contributed by atoms with E-state index in [2.05, 4.69) is 15.3 Å². The average molecular weight is 419 g/mol. The summed E-state index contributed by atoms with van der Waals surface area (Å²) < 4.78 is 0. The Hall–Kier alpha value is -3.26. The quantitative estimate of drug-likeness (QED) is 0.770. The Morgan fingerprint density at radius 2 is 2.16 bits per heavy atom. The summed E-state index contributed by atoms with van der Waals surface area (Å²) in [6.07, 6.45) is 7.61. The van der Waals surface area contributed by atoms with Crippen molar-refractivity contribution in [3.63, 3.8) is 0 Å². The summed E-state index contributed by atoms with van der Waals surface area (Å²) >= 11 is 0. The Balaban J connectivity index is 1.28. The SMILES string of the molecule is Cc1cc(NC(=O)CN2CCCC3=C2C(O)N(C2CC2)C3=O)ncc1-c1cccnc1. The van der Waals surface area contributed by atoms with E-state index in [-0.39, 0.29) is 24.4 Å². The van der Waals surface area contributed by atoms with Crippen molar-refractivity contribution in [3.8, 4) is 11.1 Å². The Labute approximate surface area is 180 Å². The molecule has 8 heteroatoms. The van der Waals surface area contributed by atoms with Crippen molar-refractivity contribution < 1.29 is 14.7 Å². The lowest BCUT2D eigenvalue weighted by molar-refractivity contribution is -0.132. The average Bonchev–Trinajstić information content (AvgIpc) is 3.55. The van der Waals surface area contributed by atoms with Crippen molar-refractivity contribution in [1.82, 2.24) is 19.8 Å². The molecule has 2 aromatic rings. The van der Waals surface area contributed by atoms with Crippen molar-refractivity contribution in [2.24, 2.45) is 0 Å². The summed E-state index contributed by atoms with van der Waals surface area (Å²) in [6, 6.07) is 5.81. The fourth-order valence-corrected chi connectivity index (χ4v) is 4.51. The van der Waals surface area contributed by atoms with Crippen LogP contribution in [0.2, 0.25) is 0 Å². The zero-order chi connectivity index (χ0) is 21.5. The van der Waals surface area contributed by atoms with Gasteiger partial charge in [0.25, 0.3) is 5.91 Å². The summed E-state index contributed by atoms with van der Waals surface area (Å²) in [5.41, 5.74) is 4.18. The van der Waals surface area contributed by atoms with Crippen LogP contribution < -0.4 is 5.32 Å². The molecule has 1 unspecified atom stereocenters. The highest BCUT2D eigenvalue weighted by molar-refractivity contribution is 5.98. The molecular weight excluding hydrogens is 394 g/mol. The maximum atomic E-state index is 12.7. The first-order valence-corrected chi connectivity index (χ1v) is 10.7. The highest BCUT2D eigenvalue weighted by Gasteiger charge is 2.48. The van der Waals surface area contributed by atoms with Gasteiger partial charge >= 0.3 is 0 Å². The highest BCUT2D eigenvalue weighted by atomic mass is 16.3. The van der Waals surface area contributed by atoms with Crippen molar-refractivity contribution in [2.75, 3.05) is 18.4 Å². The van der Waals surface area contributed by atoms with E-state index in [4.69, 9.17) is 0 Å². The molecule has 0 bridgehead atoms. The molecule has 5 rings (SSSR count). The predicted octanol–water partition coefficient (Wildman–Crippen LogP) is 2.06. The number of nitrogens with one attached hydrogen (secondary N) is 1. The van der Waals surface area contributed by atoms with E-state index in [0.717, 1.165) is 36.0 Å². The Morgan fingerprint density at radius 1 is 1.32 bits per heavy atom. The van der Waals surface area contributed by atoms with Gasteiger partial charge in [0.1, 0.15) is 5.82 Å². The molecule has 0 saturated heterocycles. The number of amides is 2. The molecule has 160 valence electrons. The monoisotopic (exact) mass is 419 g/mol. The van der Waals surface area contributed by atoms with Crippen molar-refractivity contribution in [3.05, 3.63) is 53.6 Å². The Morgan fingerprint density at radius 3 is 2.87 bits per heavy atom. The van der Waals surface area contributed by atoms with Gasteiger partial charge in [-0.2, -0.15) is 0 Å². The van der Waals surface area contributed by atoms with Gasteiger partial charge in [-0.25, -0.2) is 4.98 Å². The van der Waals surface area contributed by atoms with Gasteiger partial charge in [-0.1, -0.05) is 6.07 Å². The first-order valence-electron chi connectivity index (χ1n) is 10.7. The van der Waals surface area contributed by atoms with Crippen LogP contribution in [0.15, 0.2) is 48.1 Å². The number of hydrogen-bond acceptors (Lipinski definition) is 6. The Kier molecular flexibility index (Phi) is 4.94. The second kappa shape index (κ2) is 7.77. The van der Waals surface area contributed by atoms with Gasteiger partial charge in [-0.15, -0.1) is 0 Å². The zero-order valence-electron chi connectivity index (χ0n) is 17.4. The number of carbonyl (C=O) groups excluding carboxylic acids is 2. The lowest BCUT2D eigenvalue weighted by Crippen LogP contribution is -2.42. The van der Waals surface area contributed by atoms with E-state index < -0.39 is 6.23 Å². The summed E-state index contributed by atoms with van der Waals surface area (Å²) in [6.45, 7) is 2.68. The van der Waals surface area contributed by atoms with Crippen LogP contribution in [-0.2, 0) is 9.59 Å². The molecule has 8 nitrogen and oxygen atoms in total. The number of aryl methyl sites for hydroxylation is 1. The summed E-state index contributed by atoms with van der Waals surface area (Å²) in [5.74, 6) is 0.182. The minimum Gasteiger partial charge on any atom is -0.368 e. The molecule has 4 heterocycles. The minimum absolute atomic E-state index is 0.0709. The number of rotatable bonds is 5. The number of anilines is 1. The van der Waals surface area contributed by atoms with Gasteiger partial charge in [-0.3, -0.25) is 14.6 Å². The molecule has 3 aliphatic rings. The predicted molar refractivity (Wildman–Crippen MR) is 115 cm³/mol. The van der Waals surface area contributed by atoms with E-state index in [0.29, 0.717) is 30.1 Å². The third-order valence-electron chi connectivity index (χ3n) is 6.13. The van der Waals surface area contributed by atoms with Crippen molar-refractivity contribution in [2.45, 2.75) is 44.9 Å². The van der Waals surface area contributed by atoms with E-state index in [1.807, 2.05) is 30.0 Å². The molecule has 1 saturated carbocycles. The molecule has 2 aliphatic heterocycles. The van der Waals surface area contributed by atoms with Gasteiger partial charge in [0, 0.05) is 47.9 Å². The molecule has 2 aromatic heterocycles. The fraction of sp³-hybridized carbons (Fsp3) is 0.391. The smallest absolute Gasteiger partial charge is 0.254 e. The van der Waals surface area contributed by atoms with Gasteiger partial charge in [0.15, 0.2) is 6.23 Å². The van der Waals surface area contributed by atoms with E-state index in [1.54, 1.807) is 23.5 Å². The third-order valence-corrected chi connectivity index (χ3v) is 6.13. The van der Waals surface area contributed by atoms with Crippen LogP contribution in [0.3, 0.4) is 0 Å². The van der Waals surface area contributed by atoms with Crippen LogP contribution in [0.4, 0.5) is 5.82 Å².